The van der Waals surface area contributed by atoms with Crippen LogP contribution in [0.1, 0.15) is 56.8 Å². The van der Waals surface area contributed by atoms with Crippen LogP contribution in [0.5, 0.6) is 5.75 Å². The van der Waals surface area contributed by atoms with E-state index in [0.29, 0.717) is 56.1 Å². The molecule has 2 fully saturated rings. The maximum absolute atomic E-state index is 13.7. The van der Waals surface area contributed by atoms with Crippen molar-refractivity contribution in [1.29, 1.82) is 0 Å². The highest BCUT2D eigenvalue weighted by Crippen LogP contribution is 2.39. The summed E-state index contributed by atoms with van der Waals surface area (Å²) in [5, 5.41) is 2.90. The minimum absolute atomic E-state index is 0.121. The summed E-state index contributed by atoms with van der Waals surface area (Å²) in [6, 6.07) is 6.22. The molecule has 2 aliphatic rings. The molecule has 176 valence electrons. The van der Waals surface area contributed by atoms with Crippen molar-refractivity contribution in [3.8, 4) is 5.75 Å². The van der Waals surface area contributed by atoms with E-state index in [9.17, 15) is 14.4 Å². The molecule has 0 bridgehead atoms. The van der Waals surface area contributed by atoms with Crippen LogP contribution in [0.4, 0.5) is 0 Å². The number of ether oxygens (including phenoxy) is 2. The van der Waals surface area contributed by atoms with E-state index in [2.05, 4.69) is 5.32 Å². The molecule has 3 rings (SSSR count). The van der Waals surface area contributed by atoms with E-state index in [1.54, 1.807) is 36.3 Å². The van der Waals surface area contributed by atoms with Crippen LogP contribution in [0.15, 0.2) is 24.3 Å². The average molecular weight is 446 g/mol. The number of piperidine rings is 1. The number of methoxy groups -OCH3 is 1. The first kappa shape index (κ1) is 24.0. The minimum atomic E-state index is -0.900. The molecule has 0 aliphatic carbocycles. The highest BCUT2D eigenvalue weighted by Gasteiger charge is 2.54. The van der Waals surface area contributed by atoms with Gasteiger partial charge in [0.1, 0.15) is 17.5 Å². The molecule has 2 saturated heterocycles. The van der Waals surface area contributed by atoms with E-state index < -0.39 is 11.8 Å². The smallest absolute Gasteiger partial charge is 0.257 e. The van der Waals surface area contributed by atoms with Gasteiger partial charge in [0.05, 0.1) is 13.7 Å². The number of carbonyl (C=O) groups is 3. The SMILES string of the molecule is CCCNC(=O)[C@@H]1COC2(CCN(C(=O)CC(C)C)CC2)N1C(=O)c1cccc(OC)c1. The summed E-state index contributed by atoms with van der Waals surface area (Å²) < 4.78 is 11.5. The molecule has 0 saturated carbocycles. The van der Waals surface area contributed by atoms with E-state index >= 15 is 0 Å². The summed E-state index contributed by atoms with van der Waals surface area (Å²) in [5.41, 5.74) is -0.455. The fourth-order valence-electron chi connectivity index (χ4n) is 4.41. The molecule has 1 atom stereocenters. The number of rotatable bonds is 7. The lowest BCUT2D eigenvalue weighted by Crippen LogP contribution is -2.59. The summed E-state index contributed by atoms with van der Waals surface area (Å²) in [6.45, 7) is 7.71. The first-order chi connectivity index (χ1) is 15.3. The van der Waals surface area contributed by atoms with Crippen LogP contribution in [0.2, 0.25) is 0 Å². The van der Waals surface area contributed by atoms with Crippen LogP contribution < -0.4 is 10.1 Å². The van der Waals surface area contributed by atoms with Gasteiger partial charge in [-0.3, -0.25) is 19.3 Å². The Bertz CT molecular complexity index is 833. The van der Waals surface area contributed by atoms with Crippen molar-refractivity contribution in [2.75, 3.05) is 33.4 Å². The highest BCUT2D eigenvalue weighted by molar-refractivity contribution is 5.98. The first-order valence-corrected chi connectivity index (χ1v) is 11.5. The fourth-order valence-corrected chi connectivity index (χ4v) is 4.41. The van der Waals surface area contributed by atoms with Crippen LogP contribution in [0.3, 0.4) is 0 Å². The van der Waals surface area contributed by atoms with Gasteiger partial charge >= 0.3 is 0 Å². The van der Waals surface area contributed by atoms with Crippen molar-refractivity contribution < 1.29 is 23.9 Å². The third-order valence-corrected chi connectivity index (χ3v) is 6.13. The van der Waals surface area contributed by atoms with Crippen LogP contribution in [-0.4, -0.2) is 72.6 Å². The number of hydrogen-bond acceptors (Lipinski definition) is 5. The van der Waals surface area contributed by atoms with Crippen molar-refractivity contribution in [3.63, 3.8) is 0 Å². The number of benzene rings is 1. The van der Waals surface area contributed by atoms with Gasteiger partial charge in [-0.1, -0.05) is 26.8 Å². The lowest BCUT2D eigenvalue weighted by Gasteiger charge is -2.44. The van der Waals surface area contributed by atoms with E-state index in [0.717, 1.165) is 6.42 Å². The second-order valence-corrected chi connectivity index (χ2v) is 8.95. The van der Waals surface area contributed by atoms with Crippen molar-refractivity contribution in [1.82, 2.24) is 15.1 Å². The van der Waals surface area contributed by atoms with Crippen molar-refractivity contribution in [3.05, 3.63) is 29.8 Å². The Hall–Kier alpha value is -2.61. The zero-order chi connectivity index (χ0) is 23.3. The van der Waals surface area contributed by atoms with Crippen molar-refractivity contribution in [2.45, 2.75) is 58.2 Å². The van der Waals surface area contributed by atoms with Crippen molar-refractivity contribution >= 4 is 17.7 Å². The number of nitrogens with zero attached hydrogens (tertiary/aromatic N) is 2. The summed E-state index contributed by atoms with van der Waals surface area (Å²) >= 11 is 0. The maximum Gasteiger partial charge on any atom is 0.257 e. The van der Waals surface area contributed by atoms with E-state index in [1.807, 2.05) is 25.7 Å². The third kappa shape index (κ3) is 5.06. The van der Waals surface area contributed by atoms with Gasteiger partial charge < -0.3 is 19.7 Å². The molecule has 32 heavy (non-hydrogen) atoms. The molecule has 0 aromatic heterocycles. The lowest BCUT2D eigenvalue weighted by atomic mass is 9.96. The van der Waals surface area contributed by atoms with Crippen LogP contribution in [-0.2, 0) is 14.3 Å². The Morgan fingerprint density at radius 3 is 2.59 bits per heavy atom. The van der Waals surface area contributed by atoms with Gasteiger partial charge in [0.2, 0.25) is 11.8 Å². The van der Waals surface area contributed by atoms with Crippen LogP contribution in [0.25, 0.3) is 0 Å². The molecule has 1 aromatic carbocycles. The Balaban J connectivity index is 1.85. The van der Waals surface area contributed by atoms with Gasteiger partial charge in [-0.15, -0.1) is 0 Å². The predicted molar refractivity (Wildman–Crippen MR) is 120 cm³/mol. The molecule has 0 radical (unpaired) electrons. The summed E-state index contributed by atoms with van der Waals surface area (Å²) in [6.07, 6.45) is 2.26. The standard InChI is InChI=1S/C24H35N3O5/c1-5-11-25-22(29)20-16-32-24(9-12-26(13-10-24)21(28)14-17(2)3)27(20)23(30)18-7-6-8-19(15-18)31-4/h6-8,15,17,20H,5,9-14,16H2,1-4H3,(H,25,29)/t20-/m0/s1. The number of likely N-dealkylation sites (tertiary alicyclic amines) is 1. The largest absolute Gasteiger partial charge is 0.497 e. The van der Waals surface area contributed by atoms with Gasteiger partial charge in [0, 0.05) is 44.5 Å². The van der Waals surface area contributed by atoms with Gasteiger partial charge in [-0.05, 0) is 30.5 Å². The van der Waals surface area contributed by atoms with Crippen LogP contribution in [0, 0.1) is 5.92 Å². The zero-order valence-electron chi connectivity index (χ0n) is 19.6. The van der Waals surface area contributed by atoms with Crippen LogP contribution >= 0.6 is 0 Å². The van der Waals surface area contributed by atoms with Gasteiger partial charge in [0.15, 0.2) is 0 Å². The normalized spacial score (nSPS) is 20.0. The summed E-state index contributed by atoms with van der Waals surface area (Å²) in [5.74, 6) is 0.513. The summed E-state index contributed by atoms with van der Waals surface area (Å²) in [7, 11) is 1.55. The summed E-state index contributed by atoms with van der Waals surface area (Å²) in [4.78, 5) is 42.6. The van der Waals surface area contributed by atoms with Gasteiger partial charge in [-0.25, -0.2) is 0 Å². The molecule has 2 aliphatic heterocycles. The quantitative estimate of drug-likeness (QED) is 0.696. The zero-order valence-corrected chi connectivity index (χ0v) is 19.6. The predicted octanol–water partition coefficient (Wildman–Crippen LogP) is 2.43. The second-order valence-electron chi connectivity index (χ2n) is 8.95. The molecule has 1 aromatic rings. The number of nitrogens with one attached hydrogen (secondary N) is 1. The number of hydrogen-bond donors (Lipinski definition) is 1. The van der Waals surface area contributed by atoms with Gasteiger partial charge in [-0.2, -0.15) is 0 Å². The Kier molecular flexibility index (Phi) is 7.77. The minimum Gasteiger partial charge on any atom is -0.497 e. The molecule has 1 N–H and O–H groups in total. The topological polar surface area (TPSA) is 88.2 Å². The fraction of sp³-hybridized carbons (Fsp3) is 0.625. The second kappa shape index (κ2) is 10.3. The molecule has 2 heterocycles. The Labute approximate surface area is 190 Å². The number of carbonyl (C=O) groups excluding carboxylic acids is 3. The molecular formula is C24H35N3O5. The molecule has 8 nitrogen and oxygen atoms in total. The Morgan fingerprint density at radius 1 is 1.25 bits per heavy atom. The van der Waals surface area contributed by atoms with Crippen molar-refractivity contribution in [2.24, 2.45) is 5.92 Å². The van der Waals surface area contributed by atoms with E-state index in [1.165, 1.54) is 0 Å². The van der Waals surface area contributed by atoms with E-state index in [-0.39, 0.29) is 24.3 Å². The molecule has 3 amide bonds. The third-order valence-electron chi connectivity index (χ3n) is 6.13. The Morgan fingerprint density at radius 2 is 1.97 bits per heavy atom. The molecule has 8 heteroatoms. The lowest BCUT2D eigenvalue weighted by molar-refractivity contribution is -0.144. The average Bonchev–Trinajstić information content (AvgIpc) is 3.15. The highest BCUT2D eigenvalue weighted by atomic mass is 16.5. The van der Waals surface area contributed by atoms with E-state index in [4.69, 9.17) is 9.47 Å². The monoisotopic (exact) mass is 445 g/mol. The number of amides is 3. The molecule has 1 spiro atoms. The molecule has 0 unspecified atom stereocenters. The molecular weight excluding hydrogens is 410 g/mol. The maximum atomic E-state index is 13.7. The first-order valence-electron chi connectivity index (χ1n) is 11.5. The van der Waals surface area contributed by atoms with Gasteiger partial charge in [0.25, 0.3) is 5.91 Å².